The first kappa shape index (κ1) is 18.8. The Hall–Kier alpha value is -3.00. The lowest BCUT2D eigenvalue weighted by molar-refractivity contribution is -0.129. The van der Waals surface area contributed by atoms with E-state index in [2.05, 4.69) is 15.4 Å². The Morgan fingerprint density at radius 1 is 1.22 bits per heavy atom. The summed E-state index contributed by atoms with van der Waals surface area (Å²) in [5, 5.41) is 8.94. The van der Waals surface area contributed by atoms with Gasteiger partial charge in [-0.05, 0) is 36.9 Å². The van der Waals surface area contributed by atoms with Crippen molar-refractivity contribution in [1.82, 2.24) is 20.1 Å². The standard InChI is InChI=1S/C19H20N4O3S/c1-3-11-20-18(24)13(2)26-19(25)16-21-17(15-10-7-12-27-15)23(22-16)14-8-5-4-6-9-14/h4-10,12-13H,3,11H2,1-2H3,(H,20,24). The number of aromatic nitrogens is 3. The third kappa shape index (κ3) is 4.40. The van der Waals surface area contributed by atoms with Crippen LogP contribution in [0.3, 0.4) is 0 Å². The number of para-hydroxylation sites is 1. The van der Waals surface area contributed by atoms with Gasteiger partial charge >= 0.3 is 5.97 Å². The molecule has 1 N–H and O–H groups in total. The molecule has 3 aromatic rings. The smallest absolute Gasteiger partial charge is 0.379 e. The normalized spacial score (nSPS) is 11.8. The second kappa shape index (κ2) is 8.59. The monoisotopic (exact) mass is 384 g/mol. The van der Waals surface area contributed by atoms with Gasteiger partial charge in [0.25, 0.3) is 11.7 Å². The molecule has 1 unspecified atom stereocenters. The molecule has 0 fully saturated rings. The fourth-order valence-corrected chi connectivity index (χ4v) is 3.07. The van der Waals surface area contributed by atoms with Crippen LogP contribution in [0, 0.1) is 0 Å². The first-order valence-electron chi connectivity index (χ1n) is 8.65. The van der Waals surface area contributed by atoms with E-state index < -0.39 is 12.1 Å². The van der Waals surface area contributed by atoms with Crippen LogP contribution in [0.5, 0.6) is 0 Å². The van der Waals surface area contributed by atoms with E-state index in [1.54, 1.807) is 4.68 Å². The van der Waals surface area contributed by atoms with Crippen molar-refractivity contribution in [3.63, 3.8) is 0 Å². The average Bonchev–Trinajstić information content (AvgIpc) is 3.36. The van der Waals surface area contributed by atoms with E-state index in [1.165, 1.54) is 18.3 Å². The fraction of sp³-hybridized carbons (Fsp3) is 0.263. The largest absolute Gasteiger partial charge is 0.447 e. The van der Waals surface area contributed by atoms with Gasteiger partial charge in [0.1, 0.15) is 0 Å². The Labute approximate surface area is 161 Å². The highest BCUT2D eigenvalue weighted by Gasteiger charge is 2.24. The minimum Gasteiger partial charge on any atom is -0.447 e. The van der Waals surface area contributed by atoms with Crippen molar-refractivity contribution in [3.8, 4) is 16.4 Å². The van der Waals surface area contributed by atoms with Gasteiger partial charge in [-0.15, -0.1) is 16.4 Å². The van der Waals surface area contributed by atoms with Crippen LogP contribution < -0.4 is 5.32 Å². The van der Waals surface area contributed by atoms with Crippen LogP contribution in [0.25, 0.3) is 16.4 Å². The highest BCUT2D eigenvalue weighted by atomic mass is 32.1. The van der Waals surface area contributed by atoms with Crippen LogP contribution in [0.4, 0.5) is 0 Å². The second-order valence-electron chi connectivity index (χ2n) is 5.82. The van der Waals surface area contributed by atoms with Crippen molar-refractivity contribution in [2.45, 2.75) is 26.4 Å². The summed E-state index contributed by atoms with van der Waals surface area (Å²) in [5.41, 5.74) is 0.779. The Morgan fingerprint density at radius 2 is 2.00 bits per heavy atom. The molecule has 1 amide bonds. The number of nitrogens with one attached hydrogen (secondary N) is 1. The summed E-state index contributed by atoms with van der Waals surface area (Å²) in [5.74, 6) is -0.614. The average molecular weight is 384 g/mol. The number of ether oxygens (including phenoxy) is 1. The Morgan fingerprint density at radius 3 is 2.67 bits per heavy atom. The number of esters is 1. The third-order valence-corrected chi connectivity index (χ3v) is 4.60. The van der Waals surface area contributed by atoms with E-state index in [1.807, 2.05) is 54.8 Å². The Bertz CT molecular complexity index is 906. The lowest BCUT2D eigenvalue weighted by Crippen LogP contribution is -2.36. The molecular formula is C19H20N4O3S. The van der Waals surface area contributed by atoms with Crippen LogP contribution in [0.15, 0.2) is 47.8 Å². The minimum absolute atomic E-state index is 0.0857. The molecule has 140 valence electrons. The van der Waals surface area contributed by atoms with Crippen molar-refractivity contribution in [3.05, 3.63) is 53.7 Å². The summed E-state index contributed by atoms with van der Waals surface area (Å²) in [7, 11) is 0. The zero-order chi connectivity index (χ0) is 19.2. The summed E-state index contributed by atoms with van der Waals surface area (Å²) in [6.45, 7) is 4.00. The molecule has 0 spiro atoms. The van der Waals surface area contributed by atoms with Gasteiger partial charge in [0, 0.05) is 6.54 Å². The van der Waals surface area contributed by atoms with Crippen LogP contribution in [-0.2, 0) is 9.53 Å². The van der Waals surface area contributed by atoms with Gasteiger partial charge in [-0.1, -0.05) is 31.2 Å². The first-order chi connectivity index (χ1) is 13.1. The molecule has 0 aliphatic rings. The van der Waals surface area contributed by atoms with E-state index in [9.17, 15) is 9.59 Å². The number of rotatable bonds is 7. The van der Waals surface area contributed by atoms with Gasteiger partial charge in [-0.3, -0.25) is 4.79 Å². The van der Waals surface area contributed by atoms with Crippen molar-refractivity contribution in [2.75, 3.05) is 6.54 Å². The molecular weight excluding hydrogens is 364 g/mol. The summed E-state index contributed by atoms with van der Waals surface area (Å²) < 4.78 is 6.83. The van der Waals surface area contributed by atoms with Gasteiger partial charge in [0.15, 0.2) is 11.9 Å². The third-order valence-electron chi connectivity index (χ3n) is 3.73. The predicted molar refractivity (Wildman–Crippen MR) is 103 cm³/mol. The second-order valence-corrected chi connectivity index (χ2v) is 6.77. The van der Waals surface area contributed by atoms with Crippen LogP contribution in [0.2, 0.25) is 0 Å². The molecule has 0 bridgehead atoms. The van der Waals surface area contributed by atoms with Crippen LogP contribution in [0.1, 0.15) is 30.9 Å². The number of nitrogens with zero attached hydrogens (tertiary/aromatic N) is 3. The molecule has 0 saturated heterocycles. The molecule has 7 nitrogen and oxygen atoms in total. The summed E-state index contributed by atoms with van der Waals surface area (Å²) in [6, 6.07) is 13.2. The van der Waals surface area contributed by atoms with E-state index in [0.29, 0.717) is 12.4 Å². The topological polar surface area (TPSA) is 86.1 Å². The molecule has 27 heavy (non-hydrogen) atoms. The van der Waals surface area contributed by atoms with Gasteiger partial charge in [0.2, 0.25) is 0 Å². The van der Waals surface area contributed by atoms with Crippen LogP contribution in [-0.4, -0.2) is 39.3 Å². The number of hydrogen-bond donors (Lipinski definition) is 1. The van der Waals surface area contributed by atoms with Gasteiger partial charge in [0.05, 0.1) is 10.6 Å². The number of thiophene rings is 1. The summed E-state index contributed by atoms with van der Waals surface area (Å²) >= 11 is 1.50. The van der Waals surface area contributed by atoms with Crippen molar-refractivity contribution in [2.24, 2.45) is 0 Å². The molecule has 1 atom stereocenters. The maximum absolute atomic E-state index is 12.5. The Kier molecular flexibility index (Phi) is 5.97. The van der Waals surface area contributed by atoms with E-state index in [-0.39, 0.29) is 11.7 Å². The van der Waals surface area contributed by atoms with Crippen molar-refractivity contribution in [1.29, 1.82) is 0 Å². The summed E-state index contributed by atoms with van der Waals surface area (Å²) in [4.78, 5) is 29.6. The molecule has 0 aliphatic heterocycles. The molecule has 2 aromatic heterocycles. The minimum atomic E-state index is -0.919. The number of amides is 1. The molecule has 0 aliphatic carbocycles. The predicted octanol–water partition coefficient (Wildman–Crippen LogP) is 3.07. The van der Waals surface area contributed by atoms with E-state index in [0.717, 1.165) is 17.0 Å². The van der Waals surface area contributed by atoms with Gasteiger partial charge in [-0.2, -0.15) is 4.98 Å². The van der Waals surface area contributed by atoms with Crippen molar-refractivity contribution < 1.29 is 14.3 Å². The van der Waals surface area contributed by atoms with Crippen LogP contribution >= 0.6 is 11.3 Å². The quantitative estimate of drug-likeness (QED) is 0.633. The lowest BCUT2D eigenvalue weighted by Gasteiger charge is -2.11. The van der Waals surface area contributed by atoms with Gasteiger partial charge < -0.3 is 10.1 Å². The molecule has 0 saturated carbocycles. The summed E-state index contributed by atoms with van der Waals surface area (Å²) in [6.07, 6.45) is -0.113. The van der Waals surface area contributed by atoms with E-state index in [4.69, 9.17) is 4.74 Å². The zero-order valence-corrected chi connectivity index (χ0v) is 15.9. The molecule has 0 radical (unpaired) electrons. The van der Waals surface area contributed by atoms with E-state index >= 15 is 0 Å². The molecule has 3 rings (SSSR count). The number of hydrogen-bond acceptors (Lipinski definition) is 6. The zero-order valence-electron chi connectivity index (χ0n) is 15.1. The Balaban J connectivity index is 1.86. The molecule has 1 aromatic carbocycles. The maximum atomic E-state index is 12.5. The lowest BCUT2D eigenvalue weighted by atomic mass is 10.3. The SMILES string of the molecule is CCCNC(=O)C(C)OC(=O)c1nc(-c2cccs2)n(-c2ccccc2)n1. The highest BCUT2D eigenvalue weighted by molar-refractivity contribution is 7.13. The van der Waals surface area contributed by atoms with Crippen molar-refractivity contribution >= 4 is 23.2 Å². The fourth-order valence-electron chi connectivity index (χ4n) is 2.37. The number of carbonyl (C=O) groups is 2. The first-order valence-corrected chi connectivity index (χ1v) is 9.53. The van der Waals surface area contributed by atoms with Gasteiger partial charge in [-0.25, -0.2) is 9.48 Å². The maximum Gasteiger partial charge on any atom is 0.379 e. The number of carbonyl (C=O) groups excluding carboxylic acids is 2. The molecule has 2 heterocycles. The number of benzene rings is 1. The highest BCUT2D eigenvalue weighted by Crippen LogP contribution is 2.25. The molecule has 8 heteroatoms.